The molecule has 1 fully saturated rings. The van der Waals surface area contributed by atoms with Gasteiger partial charge in [0.2, 0.25) is 10.0 Å². The Labute approximate surface area is 123 Å². The van der Waals surface area contributed by atoms with E-state index in [1.54, 1.807) is 0 Å². The van der Waals surface area contributed by atoms with Crippen molar-refractivity contribution in [2.45, 2.75) is 44.0 Å². The van der Waals surface area contributed by atoms with Crippen LogP contribution in [0.2, 0.25) is 0 Å². The molecule has 2 atom stereocenters. The highest BCUT2D eigenvalue weighted by atomic mass is 32.2. The first kappa shape index (κ1) is 16.2. The van der Waals surface area contributed by atoms with Gasteiger partial charge in [0.05, 0.1) is 0 Å². The molecule has 0 saturated heterocycles. The predicted octanol–water partition coefficient (Wildman–Crippen LogP) is 2.65. The van der Waals surface area contributed by atoms with E-state index in [9.17, 15) is 17.2 Å². The van der Waals surface area contributed by atoms with Crippen LogP contribution in [0.1, 0.15) is 33.1 Å². The minimum Gasteiger partial charge on any atom is -0.399 e. The maximum absolute atomic E-state index is 13.7. The predicted molar refractivity (Wildman–Crippen MR) is 77.1 cm³/mol. The van der Waals surface area contributed by atoms with E-state index < -0.39 is 26.6 Å². The summed E-state index contributed by atoms with van der Waals surface area (Å²) < 4.78 is 54.1. The van der Waals surface area contributed by atoms with E-state index in [-0.39, 0.29) is 11.7 Å². The monoisotopic (exact) mass is 318 g/mol. The average molecular weight is 318 g/mol. The van der Waals surface area contributed by atoms with E-state index in [1.807, 2.05) is 0 Å². The molecule has 0 heterocycles. The van der Waals surface area contributed by atoms with E-state index in [1.165, 1.54) is 0 Å². The van der Waals surface area contributed by atoms with Crippen molar-refractivity contribution >= 4 is 15.7 Å². The van der Waals surface area contributed by atoms with E-state index in [0.717, 1.165) is 18.6 Å². The fraction of sp³-hybridized carbons (Fsp3) is 0.571. The van der Waals surface area contributed by atoms with Crippen LogP contribution in [-0.2, 0) is 10.0 Å². The van der Waals surface area contributed by atoms with Gasteiger partial charge < -0.3 is 5.73 Å². The smallest absolute Gasteiger partial charge is 0.243 e. The number of hydrogen-bond donors (Lipinski definition) is 2. The lowest BCUT2D eigenvalue weighted by molar-refractivity contribution is 0.257. The van der Waals surface area contributed by atoms with Crippen molar-refractivity contribution in [3.8, 4) is 0 Å². The van der Waals surface area contributed by atoms with Crippen LogP contribution < -0.4 is 10.5 Å². The molecule has 1 aliphatic carbocycles. The Morgan fingerprint density at radius 1 is 1.14 bits per heavy atom. The highest BCUT2D eigenvalue weighted by molar-refractivity contribution is 7.89. The number of anilines is 1. The number of hydrogen-bond acceptors (Lipinski definition) is 3. The van der Waals surface area contributed by atoms with Gasteiger partial charge in [-0.25, -0.2) is 21.9 Å². The van der Waals surface area contributed by atoms with Crippen molar-refractivity contribution in [1.29, 1.82) is 0 Å². The first-order valence-electron chi connectivity index (χ1n) is 6.96. The highest BCUT2D eigenvalue weighted by Gasteiger charge is 2.30. The van der Waals surface area contributed by atoms with Gasteiger partial charge in [-0.3, -0.25) is 0 Å². The van der Waals surface area contributed by atoms with Crippen molar-refractivity contribution in [2.24, 2.45) is 11.8 Å². The van der Waals surface area contributed by atoms with Crippen LogP contribution in [0.3, 0.4) is 0 Å². The standard InChI is InChI=1S/C14H20F2N2O2S/c1-8-3-9(2)5-11(4-8)18-21(19,20)13-7-10(17)6-12(15)14(13)16/h6-9,11,18H,3-5,17H2,1-2H3. The van der Waals surface area contributed by atoms with Gasteiger partial charge in [0.1, 0.15) is 4.90 Å². The first-order chi connectivity index (χ1) is 9.69. The molecule has 0 radical (unpaired) electrons. The Hall–Kier alpha value is -1.21. The maximum Gasteiger partial charge on any atom is 0.243 e. The van der Waals surface area contributed by atoms with Gasteiger partial charge in [0, 0.05) is 11.7 Å². The second-order valence-electron chi connectivity index (χ2n) is 6.05. The van der Waals surface area contributed by atoms with Gasteiger partial charge in [0.25, 0.3) is 0 Å². The van der Waals surface area contributed by atoms with Crippen LogP contribution in [0, 0.1) is 23.5 Å². The zero-order chi connectivity index (χ0) is 15.8. The number of rotatable bonds is 3. The molecule has 3 N–H and O–H groups in total. The molecule has 1 aliphatic rings. The lowest BCUT2D eigenvalue weighted by Gasteiger charge is -2.31. The number of sulfonamides is 1. The molecule has 0 aliphatic heterocycles. The first-order valence-corrected chi connectivity index (χ1v) is 8.44. The highest BCUT2D eigenvalue weighted by Crippen LogP contribution is 2.30. The third-order valence-corrected chi connectivity index (χ3v) is 5.33. The summed E-state index contributed by atoms with van der Waals surface area (Å²) in [6.07, 6.45) is 2.42. The number of nitrogens with two attached hydrogens (primary N) is 1. The fourth-order valence-corrected chi connectivity index (χ4v) is 4.49. The molecule has 0 amide bonds. The molecule has 0 bridgehead atoms. The molecule has 7 heteroatoms. The molecular formula is C14H20F2N2O2S. The Morgan fingerprint density at radius 2 is 1.71 bits per heavy atom. The number of nitrogens with one attached hydrogen (secondary N) is 1. The Kier molecular flexibility index (Phi) is 4.53. The molecule has 1 saturated carbocycles. The van der Waals surface area contributed by atoms with E-state index in [0.29, 0.717) is 24.7 Å². The summed E-state index contributed by atoms with van der Waals surface area (Å²) >= 11 is 0. The lowest BCUT2D eigenvalue weighted by Crippen LogP contribution is -2.40. The van der Waals surface area contributed by atoms with Crippen molar-refractivity contribution < 1.29 is 17.2 Å². The fourth-order valence-electron chi connectivity index (χ4n) is 3.11. The average Bonchev–Trinajstić information content (AvgIpc) is 2.31. The summed E-state index contributed by atoms with van der Waals surface area (Å²) in [4.78, 5) is -0.731. The molecule has 1 aromatic carbocycles. The summed E-state index contributed by atoms with van der Waals surface area (Å²) in [6.45, 7) is 4.11. The van der Waals surface area contributed by atoms with Gasteiger partial charge >= 0.3 is 0 Å². The van der Waals surface area contributed by atoms with Crippen LogP contribution in [-0.4, -0.2) is 14.5 Å². The number of halogens is 2. The summed E-state index contributed by atoms with van der Waals surface area (Å²) in [5.41, 5.74) is 5.28. The number of benzene rings is 1. The third kappa shape index (κ3) is 3.71. The van der Waals surface area contributed by atoms with E-state index in [2.05, 4.69) is 18.6 Å². The molecule has 2 unspecified atom stereocenters. The molecule has 2 rings (SSSR count). The largest absolute Gasteiger partial charge is 0.399 e. The van der Waals surface area contributed by atoms with Crippen molar-refractivity contribution in [3.63, 3.8) is 0 Å². The van der Waals surface area contributed by atoms with E-state index >= 15 is 0 Å². The lowest BCUT2D eigenvalue weighted by atomic mass is 9.81. The quantitative estimate of drug-likeness (QED) is 0.842. The minimum absolute atomic E-state index is 0.125. The molecule has 0 spiro atoms. The van der Waals surface area contributed by atoms with Crippen LogP contribution in [0.15, 0.2) is 17.0 Å². The molecule has 4 nitrogen and oxygen atoms in total. The van der Waals surface area contributed by atoms with Crippen molar-refractivity contribution in [1.82, 2.24) is 4.72 Å². The van der Waals surface area contributed by atoms with Gasteiger partial charge in [-0.05, 0) is 43.2 Å². The van der Waals surface area contributed by atoms with E-state index in [4.69, 9.17) is 5.73 Å². The second-order valence-corrected chi connectivity index (χ2v) is 7.73. The Balaban J connectivity index is 2.27. The molecule has 1 aromatic rings. The van der Waals surface area contributed by atoms with Gasteiger partial charge in [-0.1, -0.05) is 13.8 Å². The zero-order valence-electron chi connectivity index (χ0n) is 12.1. The summed E-state index contributed by atoms with van der Waals surface area (Å²) in [7, 11) is -4.13. The zero-order valence-corrected chi connectivity index (χ0v) is 12.9. The van der Waals surface area contributed by atoms with Crippen molar-refractivity contribution in [3.05, 3.63) is 23.8 Å². The molecule has 118 valence electrons. The van der Waals surface area contributed by atoms with Crippen LogP contribution in [0.4, 0.5) is 14.5 Å². The topological polar surface area (TPSA) is 72.2 Å². The normalized spacial score (nSPS) is 26.8. The molecule has 0 aromatic heterocycles. The van der Waals surface area contributed by atoms with Gasteiger partial charge in [-0.15, -0.1) is 0 Å². The summed E-state index contributed by atoms with van der Waals surface area (Å²) in [5.74, 6) is -1.87. The molecular weight excluding hydrogens is 298 g/mol. The summed E-state index contributed by atoms with van der Waals surface area (Å²) in [5, 5.41) is 0. The van der Waals surface area contributed by atoms with Crippen LogP contribution in [0.25, 0.3) is 0 Å². The van der Waals surface area contributed by atoms with Crippen molar-refractivity contribution in [2.75, 3.05) is 5.73 Å². The SMILES string of the molecule is CC1CC(C)CC(NS(=O)(=O)c2cc(N)cc(F)c2F)C1. The van der Waals surface area contributed by atoms with Gasteiger partial charge in [-0.2, -0.15) is 0 Å². The van der Waals surface area contributed by atoms with Gasteiger partial charge in [0.15, 0.2) is 11.6 Å². The Bertz CT molecular complexity index is 624. The number of nitrogen functional groups attached to an aromatic ring is 1. The summed E-state index contributed by atoms with van der Waals surface area (Å²) in [6, 6.07) is 1.44. The second kappa shape index (κ2) is 5.88. The Morgan fingerprint density at radius 3 is 2.29 bits per heavy atom. The van der Waals surface area contributed by atoms with Crippen LogP contribution in [0.5, 0.6) is 0 Å². The minimum atomic E-state index is -4.13. The van der Waals surface area contributed by atoms with Crippen LogP contribution >= 0.6 is 0 Å². The third-order valence-electron chi connectivity index (χ3n) is 3.81. The molecule has 21 heavy (non-hydrogen) atoms. The maximum atomic E-state index is 13.7.